The van der Waals surface area contributed by atoms with Gasteiger partial charge in [-0.05, 0) is 47.7 Å². The molecule has 0 bridgehead atoms. The number of amides is 1. The van der Waals surface area contributed by atoms with Gasteiger partial charge < -0.3 is 14.7 Å². The van der Waals surface area contributed by atoms with Gasteiger partial charge in [0.25, 0.3) is 5.91 Å². The van der Waals surface area contributed by atoms with Crippen LogP contribution in [0.1, 0.15) is 48.6 Å². The number of hydrogen-bond donors (Lipinski definition) is 1. The van der Waals surface area contributed by atoms with E-state index in [1.165, 1.54) is 0 Å². The minimum absolute atomic E-state index is 0.0282. The van der Waals surface area contributed by atoms with Crippen molar-refractivity contribution in [1.82, 2.24) is 9.88 Å². The van der Waals surface area contributed by atoms with Crippen LogP contribution in [0.4, 0.5) is 0 Å². The largest absolute Gasteiger partial charge is 0.872 e. The molecule has 3 aromatic rings. The molecule has 2 aliphatic heterocycles. The van der Waals surface area contributed by atoms with Crippen LogP contribution >= 0.6 is 0 Å². The molecule has 1 aromatic heterocycles. The minimum atomic E-state index is -0.709. The molecule has 2 aromatic carbocycles. The number of likely N-dealkylation sites (tertiary alicyclic amines) is 1. The Labute approximate surface area is 204 Å². The van der Waals surface area contributed by atoms with Crippen molar-refractivity contribution in [2.24, 2.45) is 0 Å². The van der Waals surface area contributed by atoms with Gasteiger partial charge in [-0.15, -0.1) is 0 Å². The molecular formula is C28H29N3O4. The Morgan fingerprint density at radius 3 is 2.71 bits per heavy atom. The van der Waals surface area contributed by atoms with Gasteiger partial charge >= 0.3 is 0 Å². The number of carbonyl (C=O) groups is 2. The van der Waals surface area contributed by atoms with E-state index in [2.05, 4.69) is 11.9 Å². The van der Waals surface area contributed by atoms with Gasteiger partial charge in [-0.3, -0.25) is 14.6 Å². The zero-order chi connectivity index (χ0) is 24.5. The number of H-pyrrole nitrogens is 1. The van der Waals surface area contributed by atoms with Crippen LogP contribution in [-0.4, -0.2) is 34.2 Å². The number of ether oxygens (including phenoxy) is 1. The number of nitrogens with one attached hydrogen (secondary N) is 1. The van der Waals surface area contributed by atoms with Gasteiger partial charge in [0, 0.05) is 25.0 Å². The van der Waals surface area contributed by atoms with Crippen LogP contribution in [0.2, 0.25) is 0 Å². The molecule has 1 amide bonds. The number of aromatic nitrogens is 2. The summed E-state index contributed by atoms with van der Waals surface area (Å²) in [7, 11) is 0. The molecule has 1 N–H and O–H groups in total. The molecule has 180 valence electrons. The fourth-order valence-electron chi connectivity index (χ4n) is 4.99. The van der Waals surface area contributed by atoms with Crippen molar-refractivity contribution in [1.29, 1.82) is 0 Å². The molecule has 2 atom stereocenters. The third-order valence-corrected chi connectivity index (χ3v) is 6.81. The summed E-state index contributed by atoms with van der Waals surface area (Å²) >= 11 is 0. The Balaban J connectivity index is 1.53. The highest BCUT2D eigenvalue weighted by molar-refractivity contribution is 6.46. The van der Waals surface area contributed by atoms with Crippen LogP contribution in [0.5, 0.6) is 5.75 Å². The van der Waals surface area contributed by atoms with Gasteiger partial charge in [0.2, 0.25) is 12.1 Å². The Hall–Kier alpha value is -3.87. The molecular weight excluding hydrogens is 442 g/mol. The van der Waals surface area contributed by atoms with E-state index in [4.69, 9.17) is 4.74 Å². The van der Waals surface area contributed by atoms with Gasteiger partial charge in [0.15, 0.2) is 0 Å². The molecule has 1 saturated heterocycles. The van der Waals surface area contributed by atoms with E-state index < -0.39 is 23.5 Å². The number of nitrogens with zero attached hydrogens (tertiary/aromatic N) is 2. The maximum absolute atomic E-state index is 13.7. The molecule has 5 rings (SSSR count). The Bertz CT molecular complexity index is 1280. The maximum Gasteiger partial charge on any atom is 0.295 e. The van der Waals surface area contributed by atoms with Crippen molar-refractivity contribution in [2.75, 3.05) is 6.54 Å². The zero-order valence-corrected chi connectivity index (χ0v) is 20.0. The molecule has 0 aliphatic carbocycles. The van der Waals surface area contributed by atoms with Gasteiger partial charge in [0.05, 0.1) is 12.6 Å². The van der Waals surface area contributed by atoms with Crippen LogP contribution in [0.25, 0.3) is 5.76 Å². The van der Waals surface area contributed by atoms with E-state index in [9.17, 15) is 14.7 Å². The molecule has 0 radical (unpaired) electrons. The number of Topliss-reactive ketones (excluding diaryl/α,β-unsaturated/α-hetero) is 1. The number of rotatable bonds is 7. The van der Waals surface area contributed by atoms with Gasteiger partial charge in [-0.2, -0.15) is 0 Å². The van der Waals surface area contributed by atoms with E-state index in [-0.39, 0.29) is 11.7 Å². The highest BCUT2D eigenvalue weighted by Gasteiger charge is 2.44. The topological polar surface area (TPSA) is 89.3 Å². The molecule has 2 aliphatic rings. The second-order valence-electron chi connectivity index (χ2n) is 9.23. The number of hydrogen-bond acceptors (Lipinski definition) is 4. The SMILES string of the molecule is CCc1ccc(C2C(=C([O-])c3ccc4c(c3)CC(C)O4)C(=O)C(=O)N2CCC[n+]2cc[nH]c2)cc1. The lowest BCUT2D eigenvalue weighted by Crippen LogP contribution is -2.36. The predicted molar refractivity (Wildman–Crippen MR) is 128 cm³/mol. The second-order valence-corrected chi connectivity index (χ2v) is 9.23. The fourth-order valence-corrected chi connectivity index (χ4v) is 4.99. The first-order valence-corrected chi connectivity index (χ1v) is 12.1. The summed E-state index contributed by atoms with van der Waals surface area (Å²) in [6.45, 7) is 5.11. The summed E-state index contributed by atoms with van der Waals surface area (Å²) in [4.78, 5) is 30.9. The predicted octanol–water partition coefficient (Wildman–Crippen LogP) is 2.50. The molecule has 7 heteroatoms. The highest BCUT2D eigenvalue weighted by Crippen LogP contribution is 2.40. The first-order valence-electron chi connectivity index (χ1n) is 12.1. The van der Waals surface area contributed by atoms with E-state index >= 15 is 0 Å². The average Bonchev–Trinajstić information content (AvgIpc) is 3.57. The van der Waals surface area contributed by atoms with E-state index in [1.807, 2.05) is 54.5 Å². The lowest BCUT2D eigenvalue weighted by atomic mass is 9.93. The van der Waals surface area contributed by atoms with Gasteiger partial charge in [-0.25, -0.2) is 4.57 Å². The quantitative estimate of drug-likeness (QED) is 0.248. The van der Waals surface area contributed by atoms with Crippen LogP contribution in [0.3, 0.4) is 0 Å². The van der Waals surface area contributed by atoms with Crippen molar-refractivity contribution in [3.05, 3.63) is 89.0 Å². The minimum Gasteiger partial charge on any atom is -0.872 e. The van der Waals surface area contributed by atoms with Crippen LogP contribution in [-0.2, 0) is 29.0 Å². The lowest BCUT2D eigenvalue weighted by molar-refractivity contribution is -0.695. The van der Waals surface area contributed by atoms with Crippen molar-refractivity contribution >= 4 is 17.4 Å². The van der Waals surface area contributed by atoms with Crippen molar-refractivity contribution in [3.63, 3.8) is 0 Å². The fraction of sp³-hybridized carbons (Fsp3) is 0.321. The molecule has 7 nitrogen and oxygen atoms in total. The number of aromatic amines is 1. The summed E-state index contributed by atoms with van der Waals surface area (Å²) < 4.78 is 7.74. The number of ketones is 1. The number of benzene rings is 2. The third kappa shape index (κ3) is 4.34. The van der Waals surface area contributed by atoms with E-state index in [0.717, 1.165) is 28.9 Å². The van der Waals surface area contributed by atoms with Crippen LogP contribution in [0, 0.1) is 0 Å². The first kappa shape index (κ1) is 22.9. The third-order valence-electron chi connectivity index (χ3n) is 6.81. The summed E-state index contributed by atoms with van der Waals surface area (Å²) in [5.74, 6) is -0.949. The van der Waals surface area contributed by atoms with Crippen molar-refractivity contribution < 1.29 is 24.0 Å². The summed E-state index contributed by atoms with van der Waals surface area (Å²) in [5, 5.41) is 13.7. The molecule has 3 heterocycles. The number of carbonyl (C=O) groups excluding carboxylic acids is 2. The summed E-state index contributed by atoms with van der Waals surface area (Å²) in [5.41, 5.74) is 3.32. The number of aryl methyl sites for hydroxylation is 2. The van der Waals surface area contributed by atoms with E-state index in [0.29, 0.717) is 31.5 Å². The van der Waals surface area contributed by atoms with Gasteiger partial charge in [0.1, 0.15) is 24.2 Å². The monoisotopic (exact) mass is 471 g/mol. The highest BCUT2D eigenvalue weighted by atomic mass is 16.5. The smallest absolute Gasteiger partial charge is 0.295 e. The van der Waals surface area contributed by atoms with Gasteiger partial charge in [-0.1, -0.05) is 43.0 Å². The van der Waals surface area contributed by atoms with E-state index in [1.54, 1.807) is 23.1 Å². The van der Waals surface area contributed by atoms with Crippen molar-refractivity contribution in [2.45, 2.75) is 51.8 Å². The first-order chi connectivity index (χ1) is 17.0. The molecule has 1 fully saturated rings. The standard InChI is InChI=1S/C28H29N3O4/c1-3-19-5-7-20(8-6-19)25-24(26(32)21-9-10-23-22(16-21)15-18(2)35-23)27(33)28(34)31(25)13-4-12-30-14-11-29-17-30/h5-11,14,16-18,25H,3-4,12-13,15H2,1-2H3,(H,32,33). The molecule has 0 spiro atoms. The Morgan fingerprint density at radius 1 is 1.20 bits per heavy atom. The summed E-state index contributed by atoms with van der Waals surface area (Å²) in [6, 6.07) is 12.4. The zero-order valence-electron chi connectivity index (χ0n) is 20.0. The van der Waals surface area contributed by atoms with Crippen LogP contribution < -0.4 is 14.4 Å². The maximum atomic E-state index is 13.7. The number of imidazole rings is 1. The Kier molecular flexibility index (Phi) is 6.16. The second kappa shape index (κ2) is 9.41. The average molecular weight is 472 g/mol. The molecule has 2 unspecified atom stereocenters. The Morgan fingerprint density at radius 2 is 2.00 bits per heavy atom. The number of fused-ring (bicyclic) bond motifs is 1. The molecule has 35 heavy (non-hydrogen) atoms. The van der Waals surface area contributed by atoms with Crippen LogP contribution in [0.15, 0.2) is 66.8 Å². The van der Waals surface area contributed by atoms with Crippen molar-refractivity contribution in [3.8, 4) is 5.75 Å². The lowest BCUT2D eigenvalue weighted by Gasteiger charge is -2.27. The molecule has 0 saturated carbocycles. The summed E-state index contributed by atoms with van der Waals surface area (Å²) in [6.07, 6.45) is 7.89. The normalized spacial score (nSPS) is 20.8.